The van der Waals surface area contributed by atoms with Crippen LogP contribution in [-0.4, -0.2) is 59.8 Å². The molecule has 3 saturated heterocycles. The normalized spacial score (nSPS) is 24.0. The topological polar surface area (TPSA) is 103 Å². The largest absolute Gasteiger partial charge is 0.392 e. The molecule has 248 valence electrons. The average Bonchev–Trinajstić information content (AvgIpc) is 3.45. The van der Waals surface area contributed by atoms with Crippen LogP contribution in [0.4, 0.5) is 11.4 Å². The zero-order valence-electron chi connectivity index (χ0n) is 27.1. The van der Waals surface area contributed by atoms with E-state index in [0.717, 1.165) is 48.3 Å². The van der Waals surface area contributed by atoms with Crippen molar-refractivity contribution in [2.24, 2.45) is 5.92 Å². The number of hydrogen-bond acceptors (Lipinski definition) is 7. The Morgan fingerprint density at radius 2 is 1.52 bits per heavy atom. The molecule has 0 saturated carbocycles. The first-order valence-corrected chi connectivity index (χ1v) is 16.7. The fourth-order valence-electron chi connectivity index (χ4n) is 7.24. The second-order valence-corrected chi connectivity index (χ2v) is 13.0. The molecular formula is C39H42N4O5. The third-order valence-electron chi connectivity index (χ3n) is 10.1. The summed E-state index contributed by atoms with van der Waals surface area (Å²) in [4.78, 5) is 30.6. The molecule has 1 spiro atoms. The van der Waals surface area contributed by atoms with E-state index in [-0.39, 0.29) is 36.5 Å². The van der Waals surface area contributed by atoms with Gasteiger partial charge in [-0.05, 0) is 60.4 Å². The highest BCUT2D eigenvalue weighted by atomic mass is 16.7. The van der Waals surface area contributed by atoms with Crippen LogP contribution in [0.3, 0.4) is 0 Å². The number of nitrogens with zero attached hydrogens (tertiary/aromatic N) is 2. The van der Waals surface area contributed by atoms with Crippen molar-refractivity contribution in [1.82, 2.24) is 10.2 Å². The van der Waals surface area contributed by atoms with Gasteiger partial charge in [0, 0.05) is 48.1 Å². The van der Waals surface area contributed by atoms with Crippen LogP contribution in [-0.2, 0) is 20.9 Å². The van der Waals surface area contributed by atoms with Gasteiger partial charge in [-0.3, -0.25) is 9.59 Å². The molecule has 48 heavy (non-hydrogen) atoms. The van der Waals surface area contributed by atoms with Gasteiger partial charge in [0.15, 0.2) is 6.29 Å². The third kappa shape index (κ3) is 6.47. The number of anilines is 2. The molecule has 0 radical (unpaired) electrons. The first-order valence-electron chi connectivity index (χ1n) is 16.7. The van der Waals surface area contributed by atoms with E-state index in [1.807, 2.05) is 84.9 Å². The number of benzene rings is 4. The highest BCUT2D eigenvalue weighted by Crippen LogP contribution is 2.43. The Kier molecular flexibility index (Phi) is 9.28. The van der Waals surface area contributed by atoms with Crippen molar-refractivity contribution in [1.29, 1.82) is 0 Å². The van der Waals surface area contributed by atoms with Crippen LogP contribution in [0.15, 0.2) is 109 Å². The van der Waals surface area contributed by atoms with Crippen LogP contribution in [0.5, 0.6) is 0 Å². The molecule has 3 aliphatic heterocycles. The Balaban J connectivity index is 1.07. The smallest absolute Gasteiger partial charge is 0.255 e. The van der Waals surface area contributed by atoms with Crippen molar-refractivity contribution in [2.45, 2.75) is 50.4 Å². The number of carbonyl (C=O) groups excluding carboxylic acids is 2. The SMILES string of the molecule is C[C@@H]1[C@H](CN2CCC3(CC2)C(=O)NCN3c2ccccc2)O[C@H](c2ccc(NC(=O)c3ccccc3)cc2)O[C@@H]1c1ccc(CO)cc1. The van der Waals surface area contributed by atoms with Gasteiger partial charge in [-0.1, -0.05) is 79.7 Å². The predicted molar refractivity (Wildman–Crippen MR) is 184 cm³/mol. The van der Waals surface area contributed by atoms with E-state index in [9.17, 15) is 14.7 Å². The first kappa shape index (κ1) is 32.0. The molecule has 0 unspecified atom stereocenters. The monoisotopic (exact) mass is 646 g/mol. The minimum Gasteiger partial charge on any atom is -0.392 e. The summed E-state index contributed by atoms with van der Waals surface area (Å²) in [6, 6.07) is 34.8. The minimum absolute atomic E-state index is 0.0148. The molecule has 9 heteroatoms. The van der Waals surface area contributed by atoms with Gasteiger partial charge in [0.05, 0.1) is 25.5 Å². The number of piperidine rings is 1. The van der Waals surface area contributed by atoms with Crippen LogP contribution in [0.2, 0.25) is 0 Å². The zero-order valence-corrected chi connectivity index (χ0v) is 27.1. The van der Waals surface area contributed by atoms with Crippen molar-refractivity contribution in [3.8, 4) is 0 Å². The van der Waals surface area contributed by atoms with E-state index in [4.69, 9.17) is 9.47 Å². The fourth-order valence-corrected chi connectivity index (χ4v) is 7.24. The van der Waals surface area contributed by atoms with Gasteiger partial charge < -0.3 is 35.0 Å². The quantitative estimate of drug-likeness (QED) is 0.227. The van der Waals surface area contributed by atoms with E-state index < -0.39 is 11.8 Å². The van der Waals surface area contributed by atoms with Crippen molar-refractivity contribution in [3.05, 3.63) is 131 Å². The van der Waals surface area contributed by atoms with Crippen molar-refractivity contribution < 1.29 is 24.2 Å². The predicted octanol–water partition coefficient (Wildman–Crippen LogP) is 5.65. The second kappa shape index (κ2) is 13.9. The number of aliphatic hydroxyl groups excluding tert-OH is 1. The molecule has 3 heterocycles. The summed E-state index contributed by atoms with van der Waals surface area (Å²) in [5, 5.41) is 15.7. The number of para-hydroxylation sites is 1. The van der Waals surface area contributed by atoms with E-state index >= 15 is 0 Å². The number of amides is 2. The van der Waals surface area contributed by atoms with E-state index in [0.29, 0.717) is 24.5 Å². The van der Waals surface area contributed by atoms with Gasteiger partial charge in [-0.25, -0.2) is 0 Å². The lowest BCUT2D eigenvalue weighted by Crippen LogP contribution is -2.57. The Morgan fingerprint density at radius 1 is 0.875 bits per heavy atom. The van der Waals surface area contributed by atoms with Crippen LogP contribution < -0.4 is 15.5 Å². The van der Waals surface area contributed by atoms with Crippen LogP contribution >= 0.6 is 0 Å². The molecule has 4 aromatic carbocycles. The van der Waals surface area contributed by atoms with Crippen LogP contribution in [0, 0.1) is 5.92 Å². The third-order valence-corrected chi connectivity index (χ3v) is 10.1. The van der Waals surface area contributed by atoms with Crippen LogP contribution in [0.1, 0.15) is 59.2 Å². The highest BCUT2D eigenvalue weighted by molar-refractivity contribution is 6.04. The van der Waals surface area contributed by atoms with E-state index in [1.165, 1.54) is 0 Å². The summed E-state index contributed by atoms with van der Waals surface area (Å²) < 4.78 is 13.4. The lowest BCUT2D eigenvalue weighted by atomic mass is 9.84. The number of rotatable bonds is 8. The summed E-state index contributed by atoms with van der Waals surface area (Å²) in [6.07, 6.45) is 0.482. The van der Waals surface area contributed by atoms with E-state index in [2.05, 4.69) is 39.5 Å². The molecule has 0 aliphatic carbocycles. The summed E-state index contributed by atoms with van der Waals surface area (Å²) in [5.74, 6) is -0.0206. The molecular weight excluding hydrogens is 604 g/mol. The lowest BCUT2D eigenvalue weighted by molar-refractivity contribution is -0.276. The van der Waals surface area contributed by atoms with Gasteiger partial charge in [0.1, 0.15) is 5.54 Å². The maximum atomic E-state index is 13.2. The summed E-state index contributed by atoms with van der Waals surface area (Å²) >= 11 is 0. The number of likely N-dealkylation sites (tertiary alicyclic amines) is 1. The number of carbonyl (C=O) groups is 2. The molecule has 0 aromatic heterocycles. The Bertz CT molecular complexity index is 1690. The molecule has 3 fully saturated rings. The van der Waals surface area contributed by atoms with Gasteiger partial charge in [0.25, 0.3) is 5.91 Å². The summed E-state index contributed by atoms with van der Waals surface area (Å²) in [7, 11) is 0. The maximum Gasteiger partial charge on any atom is 0.255 e. The molecule has 3 N–H and O–H groups in total. The molecule has 4 aromatic rings. The Labute approximate surface area is 281 Å². The Hall–Kier alpha value is -4.54. The number of ether oxygens (including phenoxy) is 2. The van der Waals surface area contributed by atoms with Gasteiger partial charge in [-0.15, -0.1) is 0 Å². The van der Waals surface area contributed by atoms with Gasteiger partial charge >= 0.3 is 0 Å². The molecule has 3 aliphatic rings. The van der Waals surface area contributed by atoms with Crippen molar-refractivity contribution in [2.75, 3.05) is 36.5 Å². The summed E-state index contributed by atoms with van der Waals surface area (Å²) in [5.41, 5.74) is 4.54. The number of aliphatic hydroxyl groups is 1. The molecule has 7 rings (SSSR count). The van der Waals surface area contributed by atoms with Crippen LogP contribution in [0.25, 0.3) is 0 Å². The molecule has 4 atom stereocenters. The Morgan fingerprint density at radius 3 is 2.19 bits per heavy atom. The minimum atomic E-state index is -0.613. The van der Waals surface area contributed by atoms with E-state index in [1.54, 1.807) is 12.1 Å². The molecule has 2 amide bonds. The standard InChI is InChI=1S/C39H42N4O5/c1-27-34(24-42-22-20-39(21-23-42)38(46)40-26-43(39)33-10-6-3-7-11-33)47-37(48-35(27)29-14-12-28(25-44)13-15-29)31-16-18-32(19-17-31)41-36(45)30-8-4-2-5-9-30/h2-19,27,34-35,37,44H,20-26H2,1H3,(H,40,46)(H,41,45)/t27-,34+,35+,37+/m1/s1. The molecule has 9 nitrogen and oxygen atoms in total. The zero-order chi connectivity index (χ0) is 33.1. The maximum absolute atomic E-state index is 13.2. The van der Waals surface area contributed by atoms with Crippen molar-refractivity contribution in [3.63, 3.8) is 0 Å². The lowest BCUT2D eigenvalue weighted by Gasteiger charge is -2.46. The molecule has 0 bridgehead atoms. The average molecular weight is 647 g/mol. The number of nitrogens with one attached hydrogen (secondary N) is 2. The number of hydrogen-bond donors (Lipinski definition) is 3. The van der Waals surface area contributed by atoms with Crippen molar-refractivity contribution >= 4 is 23.2 Å². The fraction of sp³-hybridized carbons (Fsp3) is 0.333. The van der Waals surface area contributed by atoms with Gasteiger partial charge in [-0.2, -0.15) is 0 Å². The first-order chi connectivity index (χ1) is 23.4. The van der Waals surface area contributed by atoms with Gasteiger partial charge in [0.2, 0.25) is 5.91 Å². The second-order valence-electron chi connectivity index (χ2n) is 13.0. The summed E-state index contributed by atoms with van der Waals surface area (Å²) in [6.45, 7) is 4.94. The highest BCUT2D eigenvalue weighted by Gasteiger charge is 2.51.